The zero-order chi connectivity index (χ0) is 17.6. The molecule has 1 unspecified atom stereocenters. The van der Waals surface area contributed by atoms with Crippen LogP contribution in [-0.4, -0.2) is 25.5 Å². The zero-order valence-electron chi connectivity index (χ0n) is 15.6. The van der Waals surface area contributed by atoms with Crippen molar-refractivity contribution in [2.24, 2.45) is 0 Å². The van der Waals surface area contributed by atoms with Gasteiger partial charge in [-0.3, -0.25) is 0 Å². The van der Waals surface area contributed by atoms with Crippen LogP contribution in [0.15, 0.2) is 42.5 Å². The molecular weight excluding hydrogens is 344 g/mol. The fourth-order valence-corrected chi connectivity index (χ4v) is 3.39. The molecular formula is C22H27ClN2O. The van der Waals surface area contributed by atoms with Crippen LogP contribution < -0.4 is 4.74 Å². The number of fused-ring (bicyclic) bond motifs is 1. The van der Waals surface area contributed by atoms with E-state index < -0.39 is 0 Å². The first-order valence-corrected chi connectivity index (χ1v) is 9.09. The number of nitriles is 1. The maximum Gasteiger partial charge on any atom is 0.125 e. The summed E-state index contributed by atoms with van der Waals surface area (Å²) in [4.78, 5) is 2.17. The van der Waals surface area contributed by atoms with Gasteiger partial charge in [-0.2, -0.15) is 5.26 Å². The van der Waals surface area contributed by atoms with E-state index in [0.717, 1.165) is 30.7 Å². The third kappa shape index (κ3) is 5.24. The molecule has 0 N–H and O–H groups in total. The van der Waals surface area contributed by atoms with Crippen molar-refractivity contribution < 1.29 is 4.74 Å². The summed E-state index contributed by atoms with van der Waals surface area (Å²) >= 11 is 0. The van der Waals surface area contributed by atoms with E-state index in [9.17, 15) is 0 Å². The highest BCUT2D eigenvalue weighted by Crippen LogP contribution is 2.30. The molecule has 4 heteroatoms. The Morgan fingerprint density at radius 2 is 1.73 bits per heavy atom. The molecule has 0 spiro atoms. The summed E-state index contributed by atoms with van der Waals surface area (Å²) in [5.74, 6) is 0.953. The Kier molecular flexibility index (Phi) is 7.50. The molecule has 0 radical (unpaired) electrons. The summed E-state index contributed by atoms with van der Waals surface area (Å²) in [6.45, 7) is 0.954. The second kappa shape index (κ2) is 9.62. The molecule has 3 rings (SSSR count). The highest BCUT2D eigenvalue weighted by atomic mass is 35.5. The van der Waals surface area contributed by atoms with Crippen molar-refractivity contribution in [2.45, 2.75) is 38.2 Å². The van der Waals surface area contributed by atoms with Crippen LogP contribution in [0.2, 0.25) is 0 Å². The van der Waals surface area contributed by atoms with Crippen LogP contribution in [-0.2, 0) is 12.8 Å². The molecule has 1 aliphatic carbocycles. The highest BCUT2D eigenvalue weighted by Gasteiger charge is 2.16. The summed E-state index contributed by atoms with van der Waals surface area (Å²) < 4.78 is 6.38. The summed E-state index contributed by atoms with van der Waals surface area (Å²) in [5, 5.41) is 9.00. The molecule has 0 saturated carbocycles. The average Bonchev–Trinajstić information content (AvgIpc) is 2.65. The topological polar surface area (TPSA) is 36.3 Å². The van der Waals surface area contributed by atoms with Gasteiger partial charge in [0.05, 0.1) is 11.6 Å². The smallest absolute Gasteiger partial charge is 0.125 e. The Bertz CT molecular complexity index is 750. The monoisotopic (exact) mass is 370 g/mol. The van der Waals surface area contributed by atoms with E-state index in [-0.39, 0.29) is 18.5 Å². The van der Waals surface area contributed by atoms with E-state index >= 15 is 0 Å². The lowest BCUT2D eigenvalue weighted by Crippen LogP contribution is -2.19. The zero-order valence-corrected chi connectivity index (χ0v) is 16.4. The molecule has 1 aliphatic rings. The van der Waals surface area contributed by atoms with Crippen molar-refractivity contribution >= 4 is 12.4 Å². The van der Waals surface area contributed by atoms with Gasteiger partial charge in [-0.25, -0.2) is 0 Å². The van der Waals surface area contributed by atoms with E-state index in [2.05, 4.69) is 43.3 Å². The van der Waals surface area contributed by atoms with Crippen molar-refractivity contribution in [1.82, 2.24) is 4.90 Å². The number of ether oxygens (including phenoxy) is 1. The van der Waals surface area contributed by atoms with E-state index in [1.54, 1.807) is 0 Å². The molecule has 2 aromatic carbocycles. The molecule has 0 aliphatic heterocycles. The van der Waals surface area contributed by atoms with E-state index in [0.29, 0.717) is 5.56 Å². The van der Waals surface area contributed by atoms with Crippen molar-refractivity contribution in [1.29, 1.82) is 5.26 Å². The van der Waals surface area contributed by atoms with Crippen molar-refractivity contribution in [2.75, 3.05) is 20.6 Å². The van der Waals surface area contributed by atoms with Gasteiger partial charge in [-0.1, -0.05) is 18.2 Å². The molecule has 0 fully saturated rings. The molecule has 3 nitrogen and oxygen atoms in total. The molecule has 0 amide bonds. The van der Waals surface area contributed by atoms with Gasteiger partial charge in [0, 0.05) is 13.0 Å². The van der Waals surface area contributed by atoms with Gasteiger partial charge in [0.2, 0.25) is 0 Å². The van der Waals surface area contributed by atoms with Gasteiger partial charge in [0.1, 0.15) is 11.9 Å². The first kappa shape index (κ1) is 20.3. The molecule has 0 bridgehead atoms. The second-order valence-corrected chi connectivity index (χ2v) is 7.07. The Morgan fingerprint density at radius 1 is 1.04 bits per heavy atom. The fraction of sp³-hybridized carbons (Fsp3) is 0.409. The normalized spacial score (nSPS) is 14.1. The van der Waals surface area contributed by atoms with Gasteiger partial charge in [-0.05, 0) is 80.7 Å². The first-order chi connectivity index (χ1) is 12.2. The van der Waals surface area contributed by atoms with Crippen LogP contribution in [0, 0.1) is 11.3 Å². The minimum atomic E-state index is -0.00298. The van der Waals surface area contributed by atoms with E-state index in [4.69, 9.17) is 10.00 Å². The first-order valence-electron chi connectivity index (χ1n) is 9.09. The SMILES string of the molecule is CN(C)CCC(Oc1ccc2c(c1)CCCC2)c1ccc(C#N)cc1.Cl. The molecule has 0 saturated heterocycles. The lowest BCUT2D eigenvalue weighted by molar-refractivity contribution is 0.179. The largest absolute Gasteiger partial charge is 0.486 e. The summed E-state index contributed by atoms with van der Waals surface area (Å²) in [6.07, 6.45) is 5.83. The molecule has 138 valence electrons. The summed E-state index contributed by atoms with van der Waals surface area (Å²) in [7, 11) is 4.16. The molecule has 0 aromatic heterocycles. The Balaban J connectivity index is 0.00000243. The molecule has 26 heavy (non-hydrogen) atoms. The summed E-state index contributed by atoms with van der Waals surface area (Å²) in [5.41, 5.74) is 4.72. The number of nitrogens with zero attached hydrogens (tertiary/aromatic N) is 2. The quantitative estimate of drug-likeness (QED) is 0.723. The van der Waals surface area contributed by atoms with Gasteiger partial charge in [0.15, 0.2) is 0 Å². The fourth-order valence-electron chi connectivity index (χ4n) is 3.39. The maximum atomic E-state index is 9.00. The van der Waals surface area contributed by atoms with Gasteiger partial charge in [-0.15, -0.1) is 12.4 Å². The third-order valence-electron chi connectivity index (χ3n) is 4.85. The number of hydrogen-bond donors (Lipinski definition) is 0. The predicted molar refractivity (Wildman–Crippen MR) is 108 cm³/mol. The predicted octanol–water partition coefficient (Wildman–Crippen LogP) is 4.93. The van der Waals surface area contributed by atoms with Crippen molar-refractivity contribution in [3.8, 4) is 11.8 Å². The second-order valence-electron chi connectivity index (χ2n) is 7.07. The lowest BCUT2D eigenvalue weighted by Gasteiger charge is -2.23. The van der Waals surface area contributed by atoms with Crippen LogP contribution in [0.4, 0.5) is 0 Å². The van der Waals surface area contributed by atoms with Crippen molar-refractivity contribution in [3.05, 3.63) is 64.7 Å². The maximum absolute atomic E-state index is 9.00. The van der Waals surface area contributed by atoms with E-state index in [1.165, 1.54) is 30.4 Å². The minimum absolute atomic E-state index is 0. The van der Waals surface area contributed by atoms with Crippen LogP contribution in [0.5, 0.6) is 5.75 Å². The highest BCUT2D eigenvalue weighted by molar-refractivity contribution is 5.85. The van der Waals surface area contributed by atoms with Gasteiger partial charge < -0.3 is 9.64 Å². The Labute approximate surface area is 163 Å². The Hall–Kier alpha value is -2.02. The molecule has 0 heterocycles. The van der Waals surface area contributed by atoms with E-state index in [1.807, 2.05) is 24.3 Å². The van der Waals surface area contributed by atoms with Crippen molar-refractivity contribution in [3.63, 3.8) is 0 Å². The summed E-state index contributed by atoms with van der Waals surface area (Å²) in [6, 6.07) is 16.5. The number of rotatable bonds is 6. The van der Waals surface area contributed by atoms with Gasteiger partial charge in [0.25, 0.3) is 0 Å². The average molecular weight is 371 g/mol. The standard InChI is InChI=1S/C22H26N2O.ClH/c1-24(2)14-13-22(19-9-7-17(16-23)8-10-19)25-21-12-11-18-5-3-4-6-20(18)15-21;/h7-12,15,22H,3-6,13-14H2,1-2H3;1H. The van der Waals surface area contributed by atoms with Crippen LogP contribution >= 0.6 is 12.4 Å². The molecule has 2 aromatic rings. The van der Waals surface area contributed by atoms with Crippen LogP contribution in [0.25, 0.3) is 0 Å². The Morgan fingerprint density at radius 3 is 2.38 bits per heavy atom. The number of benzene rings is 2. The van der Waals surface area contributed by atoms with Crippen LogP contribution in [0.3, 0.4) is 0 Å². The third-order valence-corrected chi connectivity index (χ3v) is 4.85. The molecule has 1 atom stereocenters. The van der Waals surface area contributed by atoms with Gasteiger partial charge >= 0.3 is 0 Å². The number of hydrogen-bond acceptors (Lipinski definition) is 3. The number of aryl methyl sites for hydroxylation is 2. The number of halogens is 1. The minimum Gasteiger partial charge on any atom is -0.486 e. The lowest BCUT2D eigenvalue weighted by atomic mass is 9.92. The van der Waals surface area contributed by atoms with Crippen LogP contribution in [0.1, 0.15) is 47.6 Å².